The van der Waals surface area contributed by atoms with Crippen LogP contribution in [0.5, 0.6) is 0 Å². The van der Waals surface area contributed by atoms with Gasteiger partial charge in [-0.1, -0.05) is 12.8 Å². The van der Waals surface area contributed by atoms with Gasteiger partial charge in [-0.3, -0.25) is 14.3 Å². The smallest absolute Gasteiger partial charge is 0.310 e. The van der Waals surface area contributed by atoms with Crippen molar-refractivity contribution >= 4 is 11.9 Å². The summed E-state index contributed by atoms with van der Waals surface area (Å²) >= 11 is 0. The predicted molar refractivity (Wildman–Crippen MR) is 77.7 cm³/mol. The molecule has 0 saturated heterocycles. The lowest BCUT2D eigenvalue weighted by Gasteiger charge is -2.22. The van der Waals surface area contributed by atoms with Crippen molar-refractivity contribution < 1.29 is 14.7 Å². The lowest BCUT2D eigenvalue weighted by Crippen LogP contribution is -2.35. The first kappa shape index (κ1) is 15.5. The summed E-state index contributed by atoms with van der Waals surface area (Å²) in [6.45, 7) is 4.27. The zero-order valence-electron chi connectivity index (χ0n) is 12.9. The number of aliphatic carboxylic acids is 1. The Bertz CT molecular complexity index is 557. The largest absolute Gasteiger partial charge is 0.481 e. The highest BCUT2D eigenvalue weighted by Crippen LogP contribution is 2.41. The maximum absolute atomic E-state index is 12.1. The number of carboxylic acid groups (broad SMARTS) is 1. The molecule has 6 heteroatoms. The number of nitrogens with zero attached hydrogens (tertiary/aromatic N) is 2. The maximum atomic E-state index is 12.1. The number of amides is 1. The minimum atomic E-state index is -0.858. The molecule has 2 rings (SSSR count). The Morgan fingerprint density at radius 2 is 1.95 bits per heavy atom. The summed E-state index contributed by atoms with van der Waals surface area (Å²) in [4.78, 5) is 23.6. The number of hydrogen-bond donors (Lipinski definition) is 2. The molecule has 0 bridgehead atoms. The Labute approximate surface area is 124 Å². The molecule has 1 fully saturated rings. The van der Waals surface area contributed by atoms with Crippen molar-refractivity contribution in [2.45, 2.75) is 52.5 Å². The van der Waals surface area contributed by atoms with Gasteiger partial charge >= 0.3 is 5.97 Å². The second-order valence-corrected chi connectivity index (χ2v) is 6.02. The van der Waals surface area contributed by atoms with Crippen LogP contribution in [-0.4, -0.2) is 26.8 Å². The fraction of sp³-hybridized carbons (Fsp3) is 0.667. The molecule has 2 N–H and O–H groups in total. The summed E-state index contributed by atoms with van der Waals surface area (Å²) in [6.07, 6.45) is 3.04. The summed E-state index contributed by atoms with van der Waals surface area (Å²) in [6, 6.07) is 0. The van der Waals surface area contributed by atoms with Gasteiger partial charge in [0.25, 0.3) is 0 Å². The summed E-state index contributed by atoms with van der Waals surface area (Å²) in [5, 5.41) is 16.5. The summed E-state index contributed by atoms with van der Waals surface area (Å²) in [5.41, 5.74) is 2.05. The Kier molecular flexibility index (Phi) is 4.34. The first-order valence-electron chi connectivity index (χ1n) is 7.35. The number of carboxylic acids is 1. The van der Waals surface area contributed by atoms with Crippen LogP contribution in [0.2, 0.25) is 0 Å². The van der Waals surface area contributed by atoms with E-state index in [-0.39, 0.29) is 12.3 Å². The van der Waals surface area contributed by atoms with Crippen molar-refractivity contribution in [1.29, 1.82) is 0 Å². The van der Waals surface area contributed by atoms with Gasteiger partial charge in [0.1, 0.15) is 0 Å². The molecule has 1 aliphatic rings. The SMILES string of the molecule is Cc1nn(C)c(C)c1CNC(=O)CC1(C(=O)O)CCCC1. The minimum Gasteiger partial charge on any atom is -0.481 e. The number of hydrogen-bond acceptors (Lipinski definition) is 3. The van der Waals surface area contributed by atoms with E-state index in [9.17, 15) is 14.7 Å². The van der Waals surface area contributed by atoms with Gasteiger partial charge in [-0.05, 0) is 26.7 Å². The molecule has 0 radical (unpaired) electrons. The summed E-state index contributed by atoms with van der Waals surface area (Å²) < 4.78 is 1.78. The highest BCUT2D eigenvalue weighted by Gasteiger charge is 2.42. The highest BCUT2D eigenvalue weighted by molar-refractivity contribution is 5.85. The van der Waals surface area contributed by atoms with Crippen molar-refractivity contribution in [2.24, 2.45) is 12.5 Å². The maximum Gasteiger partial charge on any atom is 0.310 e. The van der Waals surface area contributed by atoms with E-state index in [2.05, 4.69) is 10.4 Å². The summed E-state index contributed by atoms with van der Waals surface area (Å²) in [5.74, 6) is -1.04. The van der Waals surface area contributed by atoms with E-state index in [1.165, 1.54) is 0 Å². The van der Waals surface area contributed by atoms with E-state index in [1.54, 1.807) is 4.68 Å². The molecule has 1 aromatic rings. The third-order valence-electron chi connectivity index (χ3n) is 4.63. The van der Waals surface area contributed by atoms with Crippen LogP contribution in [0.4, 0.5) is 0 Å². The monoisotopic (exact) mass is 293 g/mol. The molecule has 0 spiro atoms. The van der Waals surface area contributed by atoms with E-state index >= 15 is 0 Å². The number of nitrogens with one attached hydrogen (secondary N) is 1. The fourth-order valence-corrected chi connectivity index (χ4v) is 3.15. The molecule has 21 heavy (non-hydrogen) atoms. The molecular weight excluding hydrogens is 270 g/mol. The molecule has 116 valence electrons. The second-order valence-electron chi connectivity index (χ2n) is 6.02. The van der Waals surface area contributed by atoms with Crippen molar-refractivity contribution in [3.63, 3.8) is 0 Å². The van der Waals surface area contributed by atoms with Gasteiger partial charge in [0.2, 0.25) is 5.91 Å². The lowest BCUT2D eigenvalue weighted by molar-refractivity contribution is -0.151. The van der Waals surface area contributed by atoms with Gasteiger partial charge in [-0.15, -0.1) is 0 Å². The second kappa shape index (κ2) is 5.87. The predicted octanol–water partition coefficient (Wildman–Crippen LogP) is 1.69. The molecule has 1 heterocycles. The molecular formula is C15H23N3O3. The zero-order valence-corrected chi connectivity index (χ0v) is 12.9. The van der Waals surface area contributed by atoms with Crippen molar-refractivity contribution in [3.05, 3.63) is 17.0 Å². The van der Waals surface area contributed by atoms with Crippen LogP contribution >= 0.6 is 0 Å². The third-order valence-corrected chi connectivity index (χ3v) is 4.63. The zero-order chi connectivity index (χ0) is 15.6. The van der Waals surface area contributed by atoms with E-state index in [4.69, 9.17) is 0 Å². The lowest BCUT2D eigenvalue weighted by atomic mass is 9.82. The van der Waals surface area contributed by atoms with E-state index in [0.29, 0.717) is 19.4 Å². The van der Waals surface area contributed by atoms with E-state index in [0.717, 1.165) is 29.8 Å². The number of aromatic nitrogens is 2. The van der Waals surface area contributed by atoms with Gasteiger partial charge in [0.15, 0.2) is 0 Å². The van der Waals surface area contributed by atoms with Crippen LogP contribution in [0.15, 0.2) is 0 Å². The molecule has 0 aromatic carbocycles. The number of carbonyl (C=O) groups is 2. The van der Waals surface area contributed by atoms with Gasteiger partial charge in [0, 0.05) is 31.3 Å². The van der Waals surface area contributed by atoms with Gasteiger partial charge in [-0.2, -0.15) is 5.10 Å². The van der Waals surface area contributed by atoms with E-state index < -0.39 is 11.4 Å². The number of carbonyl (C=O) groups excluding carboxylic acids is 1. The number of aryl methyl sites for hydroxylation is 2. The van der Waals surface area contributed by atoms with Crippen LogP contribution < -0.4 is 5.32 Å². The van der Waals surface area contributed by atoms with Crippen LogP contribution in [0, 0.1) is 19.3 Å². The molecule has 6 nitrogen and oxygen atoms in total. The third kappa shape index (κ3) is 3.09. The van der Waals surface area contributed by atoms with Crippen LogP contribution in [0.1, 0.15) is 49.1 Å². The van der Waals surface area contributed by atoms with Gasteiger partial charge < -0.3 is 10.4 Å². The van der Waals surface area contributed by atoms with Crippen LogP contribution in [-0.2, 0) is 23.2 Å². The van der Waals surface area contributed by atoms with Crippen LogP contribution in [0.3, 0.4) is 0 Å². The van der Waals surface area contributed by atoms with Crippen molar-refractivity contribution in [1.82, 2.24) is 15.1 Å². The molecule has 0 unspecified atom stereocenters. The summed E-state index contributed by atoms with van der Waals surface area (Å²) in [7, 11) is 1.87. The molecule has 0 aliphatic heterocycles. The van der Waals surface area contributed by atoms with Gasteiger partial charge in [-0.25, -0.2) is 0 Å². The Morgan fingerprint density at radius 1 is 1.33 bits per heavy atom. The van der Waals surface area contributed by atoms with Crippen LogP contribution in [0.25, 0.3) is 0 Å². The van der Waals surface area contributed by atoms with Gasteiger partial charge in [0.05, 0.1) is 11.1 Å². The topological polar surface area (TPSA) is 84.2 Å². The fourth-order valence-electron chi connectivity index (χ4n) is 3.15. The highest BCUT2D eigenvalue weighted by atomic mass is 16.4. The Balaban J connectivity index is 1.97. The molecule has 1 saturated carbocycles. The van der Waals surface area contributed by atoms with E-state index in [1.807, 2.05) is 20.9 Å². The molecule has 1 amide bonds. The number of rotatable bonds is 5. The first-order valence-corrected chi connectivity index (χ1v) is 7.35. The standard InChI is InChI=1S/C15H23N3O3/c1-10-12(11(2)18(3)17-10)9-16-13(19)8-15(14(20)21)6-4-5-7-15/h4-9H2,1-3H3,(H,16,19)(H,20,21). The van der Waals surface area contributed by atoms with Crippen molar-refractivity contribution in [3.8, 4) is 0 Å². The minimum absolute atomic E-state index is 0.0701. The normalized spacial score (nSPS) is 16.9. The Morgan fingerprint density at radius 3 is 2.43 bits per heavy atom. The molecule has 0 atom stereocenters. The van der Waals surface area contributed by atoms with Crippen molar-refractivity contribution in [2.75, 3.05) is 0 Å². The average Bonchev–Trinajstić information content (AvgIpc) is 2.96. The average molecular weight is 293 g/mol. The Hall–Kier alpha value is -1.85. The quantitative estimate of drug-likeness (QED) is 0.865. The first-order chi connectivity index (χ1) is 9.85. The molecule has 1 aliphatic carbocycles. The molecule has 1 aromatic heterocycles.